The molecule has 19 heavy (non-hydrogen) atoms. The number of rotatable bonds is 3. The lowest BCUT2D eigenvalue weighted by molar-refractivity contribution is 0.838. The summed E-state index contributed by atoms with van der Waals surface area (Å²) in [7, 11) is 0. The molecule has 0 amide bonds. The van der Waals surface area contributed by atoms with Crippen LogP contribution in [0.15, 0.2) is 24.4 Å². The summed E-state index contributed by atoms with van der Waals surface area (Å²) in [6, 6.07) is 6.30. The fourth-order valence-corrected chi connectivity index (χ4v) is 3.26. The molecule has 0 aliphatic carbocycles. The zero-order valence-electron chi connectivity index (χ0n) is 11.2. The average Bonchev–Trinajstić information content (AvgIpc) is 2.96. The molecule has 2 N–H and O–H groups in total. The van der Waals surface area contributed by atoms with Gasteiger partial charge in [0.25, 0.3) is 0 Å². The highest BCUT2D eigenvalue weighted by Gasteiger charge is 2.14. The van der Waals surface area contributed by atoms with Crippen LogP contribution in [0.3, 0.4) is 0 Å². The van der Waals surface area contributed by atoms with Gasteiger partial charge in [0, 0.05) is 16.0 Å². The predicted molar refractivity (Wildman–Crippen MR) is 79.7 cm³/mol. The van der Waals surface area contributed by atoms with Crippen molar-refractivity contribution >= 4 is 27.9 Å². The summed E-state index contributed by atoms with van der Waals surface area (Å²) in [5, 5.41) is 12.8. The minimum atomic E-state index is 0.186. The highest BCUT2D eigenvalue weighted by Crippen LogP contribution is 2.28. The van der Waals surface area contributed by atoms with Gasteiger partial charge in [-0.3, -0.25) is 5.10 Å². The molecular weight excluding hydrogens is 256 g/mol. The molecule has 2 heterocycles. The number of nitrogens with one attached hydrogen (secondary N) is 2. The summed E-state index contributed by atoms with van der Waals surface area (Å²) in [6.07, 6.45) is 1.85. The molecule has 0 spiro atoms. The number of nitrogens with zero attached hydrogens (tertiary/aromatic N) is 2. The Balaban J connectivity index is 1.92. The lowest BCUT2D eigenvalue weighted by atomic mass is 10.1. The Kier molecular flexibility index (Phi) is 2.98. The number of aromatic nitrogens is 3. The number of aryl methyl sites for hydroxylation is 2. The van der Waals surface area contributed by atoms with E-state index >= 15 is 0 Å². The first-order valence-corrected chi connectivity index (χ1v) is 7.09. The second-order valence-corrected chi connectivity index (χ2v) is 6.08. The number of H-pyrrole nitrogens is 1. The van der Waals surface area contributed by atoms with Gasteiger partial charge in [-0.25, -0.2) is 4.98 Å². The third-order valence-corrected chi connectivity index (χ3v) is 4.11. The first-order chi connectivity index (χ1) is 9.15. The molecule has 0 aliphatic rings. The number of benzene rings is 1. The summed E-state index contributed by atoms with van der Waals surface area (Å²) in [6.45, 7) is 6.31. The van der Waals surface area contributed by atoms with Crippen molar-refractivity contribution in [2.45, 2.75) is 26.8 Å². The molecule has 2 aromatic heterocycles. The van der Waals surface area contributed by atoms with Crippen molar-refractivity contribution in [2.24, 2.45) is 0 Å². The maximum atomic E-state index is 4.61. The molecular formula is C14H16N4S. The Bertz CT molecular complexity index is 713. The van der Waals surface area contributed by atoms with Crippen molar-refractivity contribution < 1.29 is 0 Å². The van der Waals surface area contributed by atoms with Crippen LogP contribution >= 0.6 is 11.3 Å². The molecule has 3 rings (SSSR count). The normalized spacial score (nSPS) is 12.8. The second kappa shape index (κ2) is 4.66. The van der Waals surface area contributed by atoms with Crippen molar-refractivity contribution in [2.75, 3.05) is 5.32 Å². The number of aromatic amines is 1. The largest absolute Gasteiger partial charge is 0.376 e. The van der Waals surface area contributed by atoms with Gasteiger partial charge in [-0.1, -0.05) is 6.07 Å². The van der Waals surface area contributed by atoms with Crippen LogP contribution in [0.25, 0.3) is 10.9 Å². The monoisotopic (exact) mass is 272 g/mol. The first-order valence-electron chi connectivity index (χ1n) is 6.27. The lowest BCUT2D eigenvalue weighted by Gasteiger charge is -2.14. The molecule has 0 radical (unpaired) electrons. The number of thiazole rings is 1. The molecule has 0 saturated heterocycles. The Labute approximate surface area is 115 Å². The Morgan fingerprint density at radius 1 is 1.32 bits per heavy atom. The lowest BCUT2D eigenvalue weighted by Crippen LogP contribution is -2.08. The maximum absolute atomic E-state index is 4.61. The standard InChI is InChI=1S/C14H16N4S/c1-8(14-9(2)19-10(3)17-14)16-12-5-4-6-13-11(12)7-15-18-13/h4-8,16H,1-3H3,(H,15,18). The van der Waals surface area contributed by atoms with E-state index < -0.39 is 0 Å². The highest BCUT2D eigenvalue weighted by molar-refractivity contribution is 7.11. The van der Waals surface area contributed by atoms with Crippen molar-refractivity contribution in [3.05, 3.63) is 40.0 Å². The molecule has 0 aliphatic heterocycles. The third-order valence-electron chi connectivity index (χ3n) is 3.21. The summed E-state index contributed by atoms with van der Waals surface area (Å²) in [5.74, 6) is 0. The SMILES string of the molecule is Cc1nc(C(C)Nc2cccc3[nH]ncc23)c(C)s1. The first kappa shape index (κ1) is 12.2. The van der Waals surface area contributed by atoms with Crippen LogP contribution in [0, 0.1) is 13.8 Å². The summed E-state index contributed by atoms with van der Waals surface area (Å²) >= 11 is 1.74. The zero-order chi connectivity index (χ0) is 13.4. The van der Waals surface area contributed by atoms with Gasteiger partial charge >= 0.3 is 0 Å². The molecule has 4 nitrogen and oxygen atoms in total. The van der Waals surface area contributed by atoms with E-state index in [9.17, 15) is 0 Å². The van der Waals surface area contributed by atoms with Gasteiger partial charge in [-0.2, -0.15) is 5.10 Å². The van der Waals surface area contributed by atoms with E-state index in [1.54, 1.807) is 11.3 Å². The van der Waals surface area contributed by atoms with Crippen molar-refractivity contribution in [3.63, 3.8) is 0 Å². The minimum absolute atomic E-state index is 0.186. The van der Waals surface area contributed by atoms with Crippen LogP contribution in [0.4, 0.5) is 5.69 Å². The number of hydrogen-bond acceptors (Lipinski definition) is 4. The predicted octanol–water partition coefficient (Wildman–Crippen LogP) is 3.81. The van der Waals surface area contributed by atoms with Gasteiger partial charge in [0.1, 0.15) is 0 Å². The van der Waals surface area contributed by atoms with Gasteiger partial charge in [0.15, 0.2) is 0 Å². The zero-order valence-corrected chi connectivity index (χ0v) is 12.0. The van der Waals surface area contributed by atoms with E-state index in [1.165, 1.54) is 4.88 Å². The topological polar surface area (TPSA) is 53.6 Å². The second-order valence-electron chi connectivity index (χ2n) is 4.68. The molecule has 0 saturated carbocycles. The molecule has 1 unspecified atom stereocenters. The smallest absolute Gasteiger partial charge is 0.0901 e. The van der Waals surface area contributed by atoms with Crippen molar-refractivity contribution in [3.8, 4) is 0 Å². The maximum Gasteiger partial charge on any atom is 0.0901 e. The van der Waals surface area contributed by atoms with Crippen LogP contribution in [-0.2, 0) is 0 Å². The van der Waals surface area contributed by atoms with Crippen LogP contribution in [0.1, 0.15) is 28.5 Å². The molecule has 0 bridgehead atoms. The van der Waals surface area contributed by atoms with Gasteiger partial charge in [-0.05, 0) is 32.9 Å². The van der Waals surface area contributed by atoms with E-state index in [-0.39, 0.29) is 6.04 Å². The summed E-state index contributed by atoms with van der Waals surface area (Å²) < 4.78 is 0. The molecule has 1 aromatic carbocycles. The number of hydrogen-bond donors (Lipinski definition) is 2. The molecule has 5 heteroatoms. The fraction of sp³-hybridized carbons (Fsp3) is 0.286. The van der Waals surface area contributed by atoms with E-state index in [2.05, 4.69) is 40.4 Å². The van der Waals surface area contributed by atoms with E-state index in [0.717, 1.165) is 27.3 Å². The van der Waals surface area contributed by atoms with E-state index in [0.29, 0.717) is 0 Å². The Morgan fingerprint density at radius 3 is 2.89 bits per heavy atom. The van der Waals surface area contributed by atoms with Crippen LogP contribution in [0.2, 0.25) is 0 Å². The van der Waals surface area contributed by atoms with Gasteiger partial charge < -0.3 is 5.32 Å². The Hall–Kier alpha value is -1.88. The number of anilines is 1. The molecule has 98 valence electrons. The highest BCUT2D eigenvalue weighted by atomic mass is 32.1. The van der Waals surface area contributed by atoms with E-state index in [1.807, 2.05) is 25.3 Å². The van der Waals surface area contributed by atoms with Gasteiger partial charge in [-0.15, -0.1) is 11.3 Å². The fourth-order valence-electron chi connectivity index (χ4n) is 2.34. The summed E-state index contributed by atoms with van der Waals surface area (Å²) in [4.78, 5) is 5.88. The van der Waals surface area contributed by atoms with Crippen molar-refractivity contribution in [1.82, 2.24) is 15.2 Å². The van der Waals surface area contributed by atoms with Crippen LogP contribution in [0.5, 0.6) is 0 Å². The average molecular weight is 272 g/mol. The third kappa shape index (κ3) is 2.21. The number of fused-ring (bicyclic) bond motifs is 1. The van der Waals surface area contributed by atoms with Crippen LogP contribution in [-0.4, -0.2) is 15.2 Å². The van der Waals surface area contributed by atoms with Gasteiger partial charge in [0.05, 0.1) is 28.5 Å². The van der Waals surface area contributed by atoms with E-state index in [4.69, 9.17) is 0 Å². The summed E-state index contributed by atoms with van der Waals surface area (Å²) in [5.41, 5.74) is 3.26. The van der Waals surface area contributed by atoms with Crippen molar-refractivity contribution in [1.29, 1.82) is 0 Å². The molecule has 3 aromatic rings. The van der Waals surface area contributed by atoms with Gasteiger partial charge in [0.2, 0.25) is 0 Å². The minimum Gasteiger partial charge on any atom is -0.376 e. The van der Waals surface area contributed by atoms with Crippen LogP contribution < -0.4 is 5.32 Å². The molecule has 1 atom stereocenters. The quantitative estimate of drug-likeness (QED) is 0.762. The Morgan fingerprint density at radius 2 is 2.16 bits per heavy atom. The molecule has 0 fully saturated rings.